The smallest absolute Gasteiger partial charge is 0.159 e. The van der Waals surface area contributed by atoms with Crippen molar-refractivity contribution in [3.63, 3.8) is 0 Å². The van der Waals surface area contributed by atoms with Gasteiger partial charge in [-0.05, 0) is 30.7 Å². The molecule has 3 aromatic rings. The Kier molecular flexibility index (Phi) is 3.42. The van der Waals surface area contributed by atoms with E-state index in [1.54, 1.807) is 12.1 Å². The number of anilines is 1. The third-order valence-electron chi connectivity index (χ3n) is 4.31. The van der Waals surface area contributed by atoms with Crippen LogP contribution < -0.4 is 10.6 Å². The number of hydrogen-bond acceptors (Lipinski definition) is 4. The van der Waals surface area contributed by atoms with Crippen LogP contribution in [-0.2, 0) is 0 Å². The molecule has 2 aromatic carbocycles. The van der Waals surface area contributed by atoms with Gasteiger partial charge in [-0.15, -0.1) is 10.2 Å². The lowest BCUT2D eigenvalue weighted by molar-refractivity contribution is 0.628. The summed E-state index contributed by atoms with van der Waals surface area (Å²) in [6.45, 7) is 1.70. The molecule has 1 unspecified atom stereocenters. The van der Waals surface area contributed by atoms with Crippen LogP contribution in [0.1, 0.15) is 6.42 Å². The van der Waals surface area contributed by atoms with Crippen LogP contribution >= 0.6 is 0 Å². The van der Waals surface area contributed by atoms with E-state index in [0.29, 0.717) is 0 Å². The minimum absolute atomic E-state index is 0.187. The molecule has 1 atom stereocenters. The van der Waals surface area contributed by atoms with Crippen molar-refractivity contribution in [1.82, 2.24) is 10.2 Å². The molecule has 4 rings (SSSR count). The number of benzene rings is 2. The summed E-state index contributed by atoms with van der Waals surface area (Å²) in [5.41, 5.74) is 7.65. The van der Waals surface area contributed by atoms with E-state index >= 15 is 0 Å². The zero-order valence-electron chi connectivity index (χ0n) is 12.6. The molecule has 5 heteroatoms. The molecule has 0 bridgehead atoms. The predicted molar refractivity (Wildman–Crippen MR) is 89.7 cm³/mol. The monoisotopic (exact) mass is 308 g/mol. The number of rotatable bonds is 2. The van der Waals surface area contributed by atoms with Crippen LogP contribution in [-0.4, -0.2) is 29.3 Å². The maximum Gasteiger partial charge on any atom is 0.159 e. The van der Waals surface area contributed by atoms with Gasteiger partial charge in [0.05, 0.1) is 0 Å². The van der Waals surface area contributed by atoms with Crippen molar-refractivity contribution in [3.05, 3.63) is 54.3 Å². The number of nitrogens with two attached hydrogens (primary N) is 1. The molecule has 0 saturated carbocycles. The van der Waals surface area contributed by atoms with E-state index in [0.717, 1.165) is 47.4 Å². The second-order valence-electron chi connectivity index (χ2n) is 5.92. The first kappa shape index (κ1) is 14.1. The van der Waals surface area contributed by atoms with Crippen molar-refractivity contribution in [2.45, 2.75) is 12.5 Å². The van der Waals surface area contributed by atoms with Gasteiger partial charge < -0.3 is 10.6 Å². The standard InChI is InChI=1S/C18H17FN4/c19-13-7-5-12(6-8-13)17-15-3-1-2-4-16(15)18(22-21-17)23-10-9-14(20)11-23/h1-8,14H,9-11,20H2. The molecule has 0 amide bonds. The minimum Gasteiger partial charge on any atom is -0.353 e. The van der Waals surface area contributed by atoms with Crippen LogP contribution in [0.25, 0.3) is 22.0 Å². The van der Waals surface area contributed by atoms with E-state index in [4.69, 9.17) is 5.73 Å². The molecule has 0 aliphatic carbocycles. The molecule has 0 radical (unpaired) electrons. The normalized spacial score (nSPS) is 17.8. The van der Waals surface area contributed by atoms with Gasteiger partial charge in [-0.2, -0.15) is 0 Å². The fraction of sp³-hybridized carbons (Fsp3) is 0.222. The van der Waals surface area contributed by atoms with E-state index in [1.807, 2.05) is 18.2 Å². The van der Waals surface area contributed by atoms with E-state index in [1.165, 1.54) is 12.1 Å². The first-order valence-corrected chi connectivity index (χ1v) is 7.74. The quantitative estimate of drug-likeness (QED) is 0.791. The second kappa shape index (κ2) is 5.59. The average molecular weight is 308 g/mol. The Balaban J connectivity index is 1.87. The van der Waals surface area contributed by atoms with Crippen LogP contribution in [0.5, 0.6) is 0 Å². The fourth-order valence-corrected chi connectivity index (χ4v) is 3.12. The summed E-state index contributed by atoms with van der Waals surface area (Å²) in [6.07, 6.45) is 0.968. The van der Waals surface area contributed by atoms with E-state index in [9.17, 15) is 4.39 Å². The number of halogens is 1. The summed E-state index contributed by atoms with van der Waals surface area (Å²) in [5, 5.41) is 10.9. The Labute approximate surface area is 133 Å². The number of hydrogen-bond donors (Lipinski definition) is 1. The fourth-order valence-electron chi connectivity index (χ4n) is 3.12. The lowest BCUT2D eigenvalue weighted by Gasteiger charge is -2.19. The summed E-state index contributed by atoms with van der Waals surface area (Å²) in [6, 6.07) is 14.6. The number of aromatic nitrogens is 2. The van der Waals surface area contributed by atoms with Crippen LogP contribution in [0.4, 0.5) is 10.2 Å². The molecule has 116 valence electrons. The third kappa shape index (κ3) is 2.53. The first-order valence-electron chi connectivity index (χ1n) is 7.74. The Hall–Kier alpha value is -2.53. The molecule has 1 aliphatic rings. The van der Waals surface area contributed by atoms with Crippen LogP contribution in [0, 0.1) is 5.82 Å². The third-order valence-corrected chi connectivity index (χ3v) is 4.31. The highest BCUT2D eigenvalue weighted by molar-refractivity contribution is 6.00. The average Bonchev–Trinajstić information content (AvgIpc) is 3.01. The lowest BCUT2D eigenvalue weighted by Crippen LogP contribution is -2.27. The van der Waals surface area contributed by atoms with Crippen molar-refractivity contribution < 1.29 is 4.39 Å². The van der Waals surface area contributed by atoms with Gasteiger partial charge in [0.1, 0.15) is 11.5 Å². The molecule has 2 N–H and O–H groups in total. The first-order chi connectivity index (χ1) is 11.2. The maximum absolute atomic E-state index is 13.2. The van der Waals surface area contributed by atoms with Crippen LogP contribution in [0.3, 0.4) is 0 Å². The second-order valence-corrected chi connectivity index (χ2v) is 5.92. The van der Waals surface area contributed by atoms with Crippen molar-refractivity contribution in [1.29, 1.82) is 0 Å². The number of fused-ring (bicyclic) bond motifs is 1. The van der Waals surface area contributed by atoms with Crippen molar-refractivity contribution in [2.75, 3.05) is 18.0 Å². The van der Waals surface area contributed by atoms with Gasteiger partial charge >= 0.3 is 0 Å². The molecule has 1 saturated heterocycles. The Bertz CT molecular complexity index is 847. The van der Waals surface area contributed by atoms with Crippen LogP contribution in [0.2, 0.25) is 0 Å². The Morgan fingerprint density at radius 3 is 2.43 bits per heavy atom. The van der Waals surface area contributed by atoms with Gasteiger partial charge in [0, 0.05) is 35.5 Å². The molecule has 4 nitrogen and oxygen atoms in total. The van der Waals surface area contributed by atoms with Gasteiger partial charge in [0.25, 0.3) is 0 Å². The van der Waals surface area contributed by atoms with Crippen molar-refractivity contribution in [3.8, 4) is 11.3 Å². The largest absolute Gasteiger partial charge is 0.353 e. The summed E-state index contributed by atoms with van der Waals surface area (Å²) in [5.74, 6) is 0.619. The van der Waals surface area contributed by atoms with Crippen molar-refractivity contribution in [2.24, 2.45) is 5.73 Å². The highest BCUT2D eigenvalue weighted by Gasteiger charge is 2.23. The van der Waals surface area contributed by atoms with Gasteiger partial charge in [0.2, 0.25) is 0 Å². The molecule has 0 spiro atoms. The minimum atomic E-state index is -0.256. The molecule has 1 fully saturated rings. The molecular weight excluding hydrogens is 291 g/mol. The summed E-state index contributed by atoms with van der Waals surface area (Å²) >= 11 is 0. The van der Waals surface area contributed by atoms with Gasteiger partial charge in [-0.25, -0.2) is 4.39 Å². The zero-order valence-corrected chi connectivity index (χ0v) is 12.6. The van der Waals surface area contributed by atoms with E-state index in [2.05, 4.69) is 21.2 Å². The maximum atomic E-state index is 13.2. The molecule has 2 heterocycles. The van der Waals surface area contributed by atoms with E-state index in [-0.39, 0.29) is 11.9 Å². The predicted octanol–water partition coefficient (Wildman–Crippen LogP) is 2.97. The Morgan fingerprint density at radius 1 is 1.00 bits per heavy atom. The molecule has 1 aliphatic heterocycles. The molecular formula is C18H17FN4. The van der Waals surface area contributed by atoms with Gasteiger partial charge in [-0.1, -0.05) is 24.3 Å². The molecule has 1 aromatic heterocycles. The highest BCUT2D eigenvalue weighted by atomic mass is 19.1. The van der Waals surface area contributed by atoms with Gasteiger partial charge in [0.15, 0.2) is 5.82 Å². The van der Waals surface area contributed by atoms with Crippen molar-refractivity contribution >= 4 is 16.6 Å². The SMILES string of the molecule is NC1CCN(c2nnc(-c3ccc(F)cc3)c3ccccc23)C1. The topological polar surface area (TPSA) is 55.0 Å². The summed E-state index contributed by atoms with van der Waals surface area (Å²) in [7, 11) is 0. The molecule has 23 heavy (non-hydrogen) atoms. The summed E-state index contributed by atoms with van der Waals surface area (Å²) in [4.78, 5) is 2.19. The van der Waals surface area contributed by atoms with Crippen LogP contribution in [0.15, 0.2) is 48.5 Å². The number of nitrogens with zero attached hydrogens (tertiary/aromatic N) is 3. The highest BCUT2D eigenvalue weighted by Crippen LogP contribution is 2.32. The summed E-state index contributed by atoms with van der Waals surface area (Å²) < 4.78 is 13.2. The zero-order chi connectivity index (χ0) is 15.8. The van der Waals surface area contributed by atoms with Gasteiger partial charge in [-0.3, -0.25) is 0 Å². The lowest BCUT2D eigenvalue weighted by atomic mass is 10.0. The Morgan fingerprint density at radius 2 is 1.74 bits per heavy atom. The van der Waals surface area contributed by atoms with E-state index < -0.39 is 0 Å².